The number of fused-ring (bicyclic) bond motifs is 1. The van der Waals surface area contributed by atoms with Crippen LogP contribution in [0.2, 0.25) is 0 Å². The van der Waals surface area contributed by atoms with Crippen molar-refractivity contribution < 1.29 is 13.2 Å². The summed E-state index contributed by atoms with van der Waals surface area (Å²) in [7, 11) is -3.26. The van der Waals surface area contributed by atoms with Crippen molar-refractivity contribution in [3.05, 3.63) is 72.3 Å². The Hall–Kier alpha value is -3.72. The van der Waals surface area contributed by atoms with Crippen molar-refractivity contribution in [2.45, 2.75) is 43.0 Å². The molecule has 9 heteroatoms. The average molecular weight is 490 g/mol. The number of pyridine rings is 1. The summed E-state index contributed by atoms with van der Waals surface area (Å²) in [5.74, 6) is 0.380. The molecule has 1 amide bonds. The first-order valence-electron chi connectivity index (χ1n) is 11.7. The van der Waals surface area contributed by atoms with E-state index < -0.39 is 9.84 Å². The van der Waals surface area contributed by atoms with Crippen molar-refractivity contribution >= 4 is 33.0 Å². The van der Waals surface area contributed by atoms with Crippen molar-refractivity contribution in [3.8, 4) is 11.3 Å². The summed E-state index contributed by atoms with van der Waals surface area (Å²) >= 11 is 0. The van der Waals surface area contributed by atoms with E-state index in [1.54, 1.807) is 40.9 Å². The first-order valence-corrected chi connectivity index (χ1v) is 13.6. The maximum absolute atomic E-state index is 12.6. The van der Waals surface area contributed by atoms with E-state index in [0.717, 1.165) is 29.8 Å². The molecule has 0 unspecified atom stereocenters. The van der Waals surface area contributed by atoms with Gasteiger partial charge in [-0.15, -0.1) is 5.10 Å². The molecule has 1 saturated carbocycles. The zero-order valence-corrected chi connectivity index (χ0v) is 20.3. The van der Waals surface area contributed by atoms with Gasteiger partial charge < -0.3 is 10.6 Å². The molecule has 0 bridgehead atoms. The van der Waals surface area contributed by atoms with Gasteiger partial charge in [0.2, 0.25) is 5.95 Å². The minimum atomic E-state index is -3.26. The number of hydrogen-bond donors (Lipinski definition) is 2. The van der Waals surface area contributed by atoms with Crippen molar-refractivity contribution in [2.75, 3.05) is 11.6 Å². The molecule has 2 aromatic heterocycles. The van der Waals surface area contributed by atoms with E-state index in [2.05, 4.69) is 20.7 Å². The average Bonchev–Trinajstić information content (AvgIpc) is 3.27. The van der Waals surface area contributed by atoms with Gasteiger partial charge in [0.1, 0.15) is 0 Å². The monoisotopic (exact) mass is 489 g/mol. The molecule has 8 nitrogen and oxygen atoms in total. The molecule has 0 radical (unpaired) electrons. The molecule has 0 saturated heterocycles. The Morgan fingerprint density at radius 2 is 1.66 bits per heavy atom. The summed E-state index contributed by atoms with van der Waals surface area (Å²) in [5, 5.41) is 10.9. The molecular weight excluding hydrogens is 462 g/mol. The number of amides is 1. The van der Waals surface area contributed by atoms with Crippen LogP contribution in [-0.4, -0.2) is 41.2 Å². The van der Waals surface area contributed by atoms with Gasteiger partial charge >= 0.3 is 0 Å². The van der Waals surface area contributed by atoms with Gasteiger partial charge in [-0.05, 0) is 61.4 Å². The van der Waals surface area contributed by atoms with Crippen LogP contribution in [0.1, 0.15) is 42.5 Å². The number of carbonyl (C=O) groups is 1. The maximum Gasteiger partial charge on any atom is 0.251 e. The van der Waals surface area contributed by atoms with Gasteiger partial charge in [0.15, 0.2) is 15.5 Å². The van der Waals surface area contributed by atoms with Crippen LogP contribution in [0.4, 0.5) is 11.6 Å². The van der Waals surface area contributed by atoms with E-state index in [-0.39, 0.29) is 16.8 Å². The zero-order valence-electron chi connectivity index (χ0n) is 19.4. The van der Waals surface area contributed by atoms with Gasteiger partial charge in [0, 0.05) is 29.1 Å². The van der Waals surface area contributed by atoms with Crippen LogP contribution in [0.15, 0.2) is 71.6 Å². The molecule has 2 heterocycles. The molecule has 1 fully saturated rings. The zero-order chi connectivity index (χ0) is 24.4. The normalized spacial score (nSPS) is 14.7. The molecule has 2 aromatic carbocycles. The van der Waals surface area contributed by atoms with Gasteiger partial charge in [0.25, 0.3) is 5.91 Å². The lowest BCUT2D eigenvalue weighted by Crippen LogP contribution is -2.36. The lowest BCUT2D eigenvalue weighted by atomic mass is 9.95. The van der Waals surface area contributed by atoms with E-state index in [1.165, 1.54) is 25.5 Å². The van der Waals surface area contributed by atoms with Crippen LogP contribution in [0.25, 0.3) is 16.9 Å². The molecule has 180 valence electrons. The number of sulfone groups is 1. The van der Waals surface area contributed by atoms with Gasteiger partial charge in [-0.3, -0.25) is 4.79 Å². The van der Waals surface area contributed by atoms with Crippen LogP contribution in [-0.2, 0) is 9.84 Å². The van der Waals surface area contributed by atoms with Crippen molar-refractivity contribution in [1.82, 2.24) is 19.9 Å². The Balaban J connectivity index is 1.32. The summed E-state index contributed by atoms with van der Waals surface area (Å²) in [6.45, 7) is 0. The third-order valence-electron chi connectivity index (χ3n) is 6.28. The predicted molar refractivity (Wildman–Crippen MR) is 136 cm³/mol. The van der Waals surface area contributed by atoms with Crippen LogP contribution >= 0.6 is 0 Å². The molecule has 1 aliphatic rings. The second kappa shape index (κ2) is 9.50. The lowest BCUT2D eigenvalue weighted by molar-refractivity contribution is 0.0927. The Labute approximate surface area is 204 Å². The van der Waals surface area contributed by atoms with Crippen LogP contribution < -0.4 is 10.6 Å². The standard InChI is InChI=1S/C26H27N5O3S/c1-35(33,34)22-16-12-18(13-17-22)23-8-5-9-24-29-26(30-31(23)24)28-21-14-10-19(11-15-21)25(32)27-20-6-3-2-4-7-20/h5,8-17,20H,2-4,6-7H2,1H3,(H,27,32)(H,28,30). The summed E-state index contributed by atoms with van der Waals surface area (Å²) in [6.07, 6.45) is 6.89. The van der Waals surface area contributed by atoms with Crippen molar-refractivity contribution in [1.29, 1.82) is 0 Å². The molecule has 0 aliphatic heterocycles. The predicted octanol–water partition coefficient (Wildman–Crippen LogP) is 4.61. The molecular formula is C26H27N5O3S. The summed E-state index contributed by atoms with van der Waals surface area (Å²) in [4.78, 5) is 17.4. The number of hydrogen-bond acceptors (Lipinski definition) is 6. The fourth-order valence-electron chi connectivity index (χ4n) is 4.40. The van der Waals surface area contributed by atoms with E-state index in [0.29, 0.717) is 17.2 Å². The first kappa shape index (κ1) is 23.0. The second-order valence-corrected chi connectivity index (χ2v) is 10.9. The Morgan fingerprint density at radius 3 is 2.34 bits per heavy atom. The van der Waals surface area contributed by atoms with Crippen molar-refractivity contribution in [2.24, 2.45) is 0 Å². The quantitative estimate of drug-likeness (QED) is 0.410. The molecule has 1 aliphatic carbocycles. The maximum atomic E-state index is 12.6. The van der Waals surface area contributed by atoms with Crippen molar-refractivity contribution in [3.63, 3.8) is 0 Å². The SMILES string of the molecule is CS(=O)(=O)c1ccc(-c2cccc3nc(Nc4ccc(C(=O)NC5CCCCC5)cc4)nn23)cc1. The number of nitrogens with zero attached hydrogens (tertiary/aromatic N) is 3. The number of aromatic nitrogens is 3. The topological polar surface area (TPSA) is 105 Å². The van der Waals surface area contributed by atoms with Crippen LogP contribution in [0.3, 0.4) is 0 Å². The molecule has 35 heavy (non-hydrogen) atoms. The second-order valence-electron chi connectivity index (χ2n) is 8.92. The van der Waals surface area contributed by atoms with Gasteiger partial charge in [-0.25, -0.2) is 12.9 Å². The van der Waals surface area contributed by atoms with Crippen LogP contribution in [0, 0.1) is 0 Å². The fourth-order valence-corrected chi connectivity index (χ4v) is 5.03. The lowest BCUT2D eigenvalue weighted by Gasteiger charge is -2.22. The van der Waals surface area contributed by atoms with E-state index in [9.17, 15) is 13.2 Å². The first-order chi connectivity index (χ1) is 16.9. The Morgan fingerprint density at radius 1 is 0.943 bits per heavy atom. The smallest absolute Gasteiger partial charge is 0.251 e. The Kier molecular flexibility index (Phi) is 6.25. The number of nitrogens with one attached hydrogen (secondary N) is 2. The van der Waals surface area contributed by atoms with E-state index in [4.69, 9.17) is 0 Å². The highest BCUT2D eigenvalue weighted by Gasteiger charge is 2.17. The highest BCUT2D eigenvalue weighted by atomic mass is 32.2. The molecule has 0 atom stereocenters. The summed E-state index contributed by atoms with van der Waals surface area (Å²) in [6, 6.07) is 19.9. The number of rotatable bonds is 6. The number of benzene rings is 2. The third-order valence-corrected chi connectivity index (χ3v) is 7.41. The van der Waals surface area contributed by atoms with Crippen LogP contribution in [0.5, 0.6) is 0 Å². The Bertz CT molecular complexity index is 1460. The van der Waals surface area contributed by atoms with Gasteiger partial charge in [-0.2, -0.15) is 4.98 Å². The minimum Gasteiger partial charge on any atom is -0.349 e. The molecule has 2 N–H and O–H groups in total. The minimum absolute atomic E-state index is 0.0409. The van der Waals surface area contributed by atoms with E-state index >= 15 is 0 Å². The molecule has 4 aromatic rings. The highest BCUT2D eigenvalue weighted by molar-refractivity contribution is 7.90. The third kappa shape index (κ3) is 5.19. The fraction of sp³-hybridized carbons (Fsp3) is 0.269. The largest absolute Gasteiger partial charge is 0.349 e. The van der Waals surface area contributed by atoms with Gasteiger partial charge in [0.05, 0.1) is 10.6 Å². The number of anilines is 2. The summed E-state index contributed by atoms with van der Waals surface area (Å²) in [5.41, 5.74) is 3.67. The number of carbonyl (C=O) groups excluding carboxylic acids is 1. The highest BCUT2D eigenvalue weighted by Crippen LogP contribution is 2.24. The van der Waals surface area contributed by atoms with Gasteiger partial charge in [-0.1, -0.05) is 37.5 Å². The molecule has 5 rings (SSSR count). The molecule has 0 spiro atoms. The summed E-state index contributed by atoms with van der Waals surface area (Å²) < 4.78 is 25.2. The van der Waals surface area contributed by atoms with E-state index in [1.807, 2.05) is 30.3 Å².